The molecule has 0 saturated heterocycles. The Hall–Kier alpha value is -2.83. The smallest absolute Gasteiger partial charge is 0.406 e. The van der Waals surface area contributed by atoms with E-state index in [4.69, 9.17) is 0 Å². The highest BCUT2D eigenvalue weighted by Crippen LogP contribution is 2.25. The Morgan fingerprint density at radius 1 is 1.25 bits per heavy atom. The van der Waals surface area contributed by atoms with E-state index in [-0.39, 0.29) is 11.7 Å². The number of ether oxygens (including phenoxy) is 1. The van der Waals surface area contributed by atoms with Crippen LogP contribution in [0.15, 0.2) is 54.7 Å². The molecule has 1 amide bonds. The first-order valence-electron chi connectivity index (χ1n) is 7.09. The lowest BCUT2D eigenvalue weighted by Gasteiger charge is -2.15. The summed E-state index contributed by atoms with van der Waals surface area (Å²) in [4.78, 5) is 15.9. The predicted octanol–water partition coefficient (Wildman–Crippen LogP) is 3.87. The lowest BCUT2D eigenvalue weighted by molar-refractivity contribution is -0.274. The van der Waals surface area contributed by atoms with Crippen molar-refractivity contribution in [3.63, 3.8) is 0 Å². The molecule has 1 N–H and O–H groups in total. The number of carbonyl (C=O) groups excluding carboxylic acids is 1. The summed E-state index contributed by atoms with van der Waals surface area (Å²) in [7, 11) is 0. The van der Waals surface area contributed by atoms with Gasteiger partial charge in [-0.2, -0.15) is 0 Å². The topological polar surface area (TPSA) is 51.2 Å². The molecule has 2 aromatic rings. The number of hydrogen-bond donors (Lipinski definition) is 1. The Balaban J connectivity index is 1.99. The SMILES string of the molecule is CC(NC(=O)/C=C/c1ccccn1)c1cccc(OC(F)(F)F)c1. The van der Waals surface area contributed by atoms with Gasteiger partial charge in [-0.15, -0.1) is 13.2 Å². The molecule has 1 aromatic carbocycles. The number of nitrogens with one attached hydrogen (secondary N) is 1. The summed E-state index contributed by atoms with van der Waals surface area (Å²) >= 11 is 0. The van der Waals surface area contributed by atoms with Gasteiger partial charge in [-0.3, -0.25) is 9.78 Å². The summed E-state index contributed by atoms with van der Waals surface area (Å²) in [5.74, 6) is -0.708. The van der Waals surface area contributed by atoms with E-state index in [9.17, 15) is 18.0 Å². The van der Waals surface area contributed by atoms with Crippen molar-refractivity contribution in [3.8, 4) is 5.75 Å². The van der Waals surface area contributed by atoms with Gasteiger partial charge in [-0.1, -0.05) is 18.2 Å². The Morgan fingerprint density at radius 2 is 2.04 bits per heavy atom. The van der Waals surface area contributed by atoms with E-state index >= 15 is 0 Å². The maximum atomic E-state index is 12.2. The first-order chi connectivity index (χ1) is 11.3. The molecule has 0 bridgehead atoms. The second-order valence-electron chi connectivity index (χ2n) is 4.94. The molecule has 2 rings (SSSR count). The summed E-state index contributed by atoms with van der Waals surface area (Å²) < 4.78 is 40.6. The summed E-state index contributed by atoms with van der Waals surface area (Å²) in [6.45, 7) is 1.67. The standard InChI is InChI=1S/C17H15F3N2O2/c1-12(13-5-4-7-15(11-13)24-17(18,19)20)22-16(23)9-8-14-6-2-3-10-21-14/h2-12H,1H3,(H,22,23)/b9-8+. The zero-order valence-electron chi connectivity index (χ0n) is 12.7. The zero-order chi connectivity index (χ0) is 17.6. The van der Waals surface area contributed by atoms with E-state index in [1.54, 1.807) is 43.5 Å². The van der Waals surface area contributed by atoms with Gasteiger partial charge in [-0.25, -0.2) is 0 Å². The van der Waals surface area contributed by atoms with Crippen LogP contribution in [0.5, 0.6) is 5.75 Å². The second-order valence-corrected chi connectivity index (χ2v) is 4.94. The number of carbonyl (C=O) groups is 1. The van der Waals surface area contributed by atoms with Gasteiger partial charge in [0, 0.05) is 12.3 Å². The minimum Gasteiger partial charge on any atom is -0.406 e. The van der Waals surface area contributed by atoms with Crippen molar-refractivity contribution in [3.05, 3.63) is 66.0 Å². The van der Waals surface area contributed by atoms with Gasteiger partial charge in [0.05, 0.1) is 11.7 Å². The van der Waals surface area contributed by atoms with Crippen molar-refractivity contribution in [2.75, 3.05) is 0 Å². The molecule has 4 nitrogen and oxygen atoms in total. The number of benzene rings is 1. The molecule has 0 aliphatic heterocycles. The fourth-order valence-corrected chi connectivity index (χ4v) is 1.96. The molecule has 1 aromatic heterocycles. The molecule has 1 heterocycles. The molecule has 0 fully saturated rings. The number of halogens is 3. The highest BCUT2D eigenvalue weighted by Gasteiger charge is 2.31. The highest BCUT2D eigenvalue weighted by molar-refractivity contribution is 5.91. The minimum absolute atomic E-state index is 0.329. The van der Waals surface area contributed by atoms with E-state index in [2.05, 4.69) is 15.0 Å². The van der Waals surface area contributed by atoms with E-state index in [0.29, 0.717) is 11.3 Å². The number of hydrogen-bond acceptors (Lipinski definition) is 3. The third-order valence-corrected chi connectivity index (χ3v) is 3.04. The van der Waals surface area contributed by atoms with Gasteiger partial charge in [0.15, 0.2) is 0 Å². The van der Waals surface area contributed by atoms with Crippen molar-refractivity contribution in [1.82, 2.24) is 10.3 Å². The average molecular weight is 336 g/mol. The molecule has 0 radical (unpaired) electrons. The lowest BCUT2D eigenvalue weighted by Crippen LogP contribution is -2.24. The van der Waals surface area contributed by atoms with Crippen LogP contribution in [-0.4, -0.2) is 17.3 Å². The van der Waals surface area contributed by atoms with Gasteiger partial charge in [0.1, 0.15) is 5.75 Å². The molecule has 1 unspecified atom stereocenters. The van der Waals surface area contributed by atoms with Crippen LogP contribution in [0.1, 0.15) is 24.2 Å². The largest absolute Gasteiger partial charge is 0.573 e. The molecule has 0 spiro atoms. The molecule has 1 atom stereocenters. The van der Waals surface area contributed by atoms with Crippen LogP contribution < -0.4 is 10.1 Å². The summed E-state index contributed by atoms with van der Waals surface area (Å²) in [5.41, 5.74) is 1.12. The normalized spacial score (nSPS) is 12.8. The predicted molar refractivity (Wildman–Crippen MR) is 83.0 cm³/mol. The maximum absolute atomic E-state index is 12.2. The first kappa shape index (κ1) is 17.5. The molecule has 0 saturated carbocycles. The van der Waals surface area contributed by atoms with Gasteiger partial charge in [0.2, 0.25) is 5.91 Å². The third-order valence-electron chi connectivity index (χ3n) is 3.04. The molecule has 7 heteroatoms. The molecular weight excluding hydrogens is 321 g/mol. The van der Waals surface area contributed by atoms with Crippen molar-refractivity contribution >= 4 is 12.0 Å². The summed E-state index contributed by atoms with van der Waals surface area (Å²) in [5, 5.41) is 2.67. The number of alkyl halides is 3. The number of aromatic nitrogens is 1. The van der Waals surface area contributed by atoms with Crippen LogP contribution in [0.2, 0.25) is 0 Å². The molecule has 0 aliphatic carbocycles. The monoisotopic (exact) mass is 336 g/mol. The van der Waals surface area contributed by atoms with Crippen LogP contribution in [0.3, 0.4) is 0 Å². The van der Waals surface area contributed by atoms with Gasteiger partial charge in [0.25, 0.3) is 0 Å². The highest BCUT2D eigenvalue weighted by atomic mass is 19.4. The Bertz CT molecular complexity index is 715. The van der Waals surface area contributed by atoms with Crippen LogP contribution in [0.4, 0.5) is 13.2 Å². The fourth-order valence-electron chi connectivity index (χ4n) is 1.96. The number of amides is 1. The number of pyridine rings is 1. The maximum Gasteiger partial charge on any atom is 0.573 e. The lowest BCUT2D eigenvalue weighted by atomic mass is 10.1. The average Bonchev–Trinajstić information content (AvgIpc) is 2.52. The van der Waals surface area contributed by atoms with E-state index in [0.717, 1.165) is 0 Å². The number of rotatable bonds is 5. The zero-order valence-corrected chi connectivity index (χ0v) is 12.7. The minimum atomic E-state index is -4.75. The van der Waals surface area contributed by atoms with Gasteiger partial charge < -0.3 is 10.1 Å². The van der Waals surface area contributed by atoms with Crippen LogP contribution in [-0.2, 0) is 4.79 Å². The van der Waals surface area contributed by atoms with Crippen molar-refractivity contribution in [2.24, 2.45) is 0 Å². The molecular formula is C17H15F3N2O2. The summed E-state index contributed by atoms with van der Waals surface area (Å²) in [6, 6.07) is 10.3. The van der Waals surface area contributed by atoms with Crippen molar-refractivity contribution in [2.45, 2.75) is 19.3 Å². The Kier molecular flexibility index (Phi) is 5.57. The molecule has 24 heavy (non-hydrogen) atoms. The fraction of sp³-hybridized carbons (Fsp3) is 0.176. The number of nitrogens with zero attached hydrogens (tertiary/aromatic N) is 1. The van der Waals surface area contributed by atoms with Crippen LogP contribution in [0, 0.1) is 0 Å². The molecule has 0 aliphatic rings. The van der Waals surface area contributed by atoms with E-state index < -0.39 is 12.4 Å². The van der Waals surface area contributed by atoms with Crippen LogP contribution >= 0.6 is 0 Å². The third kappa shape index (κ3) is 5.75. The molecule has 126 valence electrons. The Morgan fingerprint density at radius 3 is 2.71 bits per heavy atom. The quantitative estimate of drug-likeness (QED) is 0.843. The van der Waals surface area contributed by atoms with E-state index in [1.807, 2.05) is 0 Å². The summed E-state index contributed by atoms with van der Waals surface area (Å²) in [6.07, 6.45) is -0.289. The Labute approximate surface area is 137 Å². The van der Waals surface area contributed by atoms with Crippen LogP contribution in [0.25, 0.3) is 6.08 Å². The van der Waals surface area contributed by atoms with Gasteiger partial charge in [-0.05, 0) is 42.8 Å². The second kappa shape index (κ2) is 7.63. The van der Waals surface area contributed by atoms with Crippen molar-refractivity contribution in [1.29, 1.82) is 0 Å². The van der Waals surface area contributed by atoms with E-state index in [1.165, 1.54) is 24.3 Å². The van der Waals surface area contributed by atoms with Gasteiger partial charge >= 0.3 is 6.36 Å². The first-order valence-corrected chi connectivity index (χ1v) is 7.09. The van der Waals surface area contributed by atoms with Crippen molar-refractivity contribution < 1.29 is 22.7 Å².